The predicted molar refractivity (Wildman–Crippen MR) is 70.5 cm³/mol. The van der Waals surface area contributed by atoms with Crippen LogP contribution in [-0.4, -0.2) is 23.4 Å². The van der Waals surface area contributed by atoms with Gasteiger partial charge < -0.3 is 16.8 Å². The van der Waals surface area contributed by atoms with Crippen LogP contribution in [0.1, 0.15) is 23.2 Å². The summed E-state index contributed by atoms with van der Waals surface area (Å²) < 4.78 is 0. The van der Waals surface area contributed by atoms with Crippen LogP contribution < -0.4 is 16.8 Å². The lowest BCUT2D eigenvalue weighted by atomic mass is 10.1. The average molecular weight is 264 g/mol. The number of carbonyl (C=O) groups excluding carboxylic acids is 1. The molecule has 0 spiro atoms. The number of rotatable bonds is 5. The van der Waals surface area contributed by atoms with E-state index in [1.54, 1.807) is 0 Å². The number of anilines is 1. The molecule has 2 rings (SSSR count). The molecule has 19 heavy (non-hydrogen) atoms. The van der Waals surface area contributed by atoms with E-state index in [0.29, 0.717) is 12.5 Å². The number of nitrogens with one attached hydrogen (secondary N) is 1. The van der Waals surface area contributed by atoms with Gasteiger partial charge in [0.1, 0.15) is 0 Å². The van der Waals surface area contributed by atoms with Crippen LogP contribution in [0.3, 0.4) is 0 Å². The van der Waals surface area contributed by atoms with Gasteiger partial charge >= 0.3 is 0 Å². The van der Waals surface area contributed by atoms with Crippen LogP contribution in [0, 0.1) is 16.0 Å². The highest BCUT2D eigenvalue weighted by Crippen LogP contribution is 2.32. The first-order valence-electron chi connectivity index (χ1n) is 6.07. The molecule has 7 nitrogen and oxygen atoms in total. The first kappa shape index (κ1) is 13.3. The highest BCUT2D eigenvalue weighted by atomic mass is 16.6. The number of nitrogen functional groups attached to an aromatic ring is 1. The fourth-order valence-electron chi connectivity index (χ4n) is 1.97. The van der Waals surface area contributed by atoms with E-state index in [0.717, 1.165) is 12.8 Å². The molecule has 0 heterocycles. The Morgan fingerprint density at radius 2 is 2.21 bits per heavy atom. The molecule has 0 radical (unpaired) electrons. The zero-order chi connectivity index (χ0) is 14.0. The number of benzene rings is 1. The van der Waals surface area contributed by atoms with Gasteiger partial charge in [0.2, 0.25) is 0 Å². The Balaban J connectivity index is 2.17. The van der Waals surface area contributed by atoms with Crippen molar-refractivity contribution in [2.45, 2.75) is 18.9 Å². The highest BCUT2D eigenvalue weighted by molar-refractivity contribution is 6.00. The first-order chi connectivity index (χ1) is 9.02. The largest absolute Gasteiger partial charge is 0.398 e. The topological polar surface area (TPSA) is 124 Å². The smallest absolute Gasteiger partial charge is 0.270 e. The van der Waals surface area contributed by atoms with Crippen molar-refractivity contribution in [1.82, 2.24) is 5.32 Å². The van der Waals surface area contributed by atoms with Crippen molar-refractivity contribution in [2.24, 2.45) is 11.7 Å². The Kier molecular flexibility index (Phi) is 3.66. The van der Waals surface area contributed by atoms with Gasteiger partial charge in [-0.25, -0.2) is 0 Å². The van der Waals surface area contributed by atoms with E-state index in [4.69, 9.17) is 11.5 Å². The van der Waals surface area contributed by atoms with Crippen LogP contribution in [0.15, 0.2) is 18.2 Å². The lowest BCUT2D eigenvalue weighted by Crippen LogP contribution is -2.41. The number of carbonyl (C=O) groups is 1. The van der Waals surface area contributed by atoms with Crippen LogP contribution in [0.2, 0.25) is 0 Å². The molecule has 1 aromatic carbocycles. The Morgan fingerprint density at radius 1 is 1.53 bits per heavy atom. The number of nitrogens with zero attached hydrogens (tertiary/aromatic N) is 1. The Labute approximate surface area is 110 Å². The van der Waals surface area contributed by atoms with Gasteiger partial charge in [0.15, 0.2) is 0 Å². The molecule has 102 valence electrons. The van der Waals surface area contributed by atoms with Crippen LogP contribution in [0.5, 0.6) is 0 Å². The summed E-state index contributed by atoms with van der Waals surface area (Å²) in [6.45, 7) is 0.352. The molecule has 0 bridgehead atoms. The van der Waals surface area contributed by atoms with Gasteiger partial charge in [0.25, 0.3) is 11.6 Å². The second-order valence-electron chi connectivity index (χ2n) is 4.68. The van der Waals surface area contributed by atoms with Crippen LogP contribution in [0.25, 0.3) is 0 Å². The van der Waals surface area contributed by atoms with E-state index in [9.17, 15) is 14.9 Å². The number of nitro groups is 1. The SMILES string of the molecule is NCC(NC(=O)c1cc([N+](=O)[O-])ccc1N)C1CC1. The van der Waals surface area contributed by atoms with E-state index in [-0.39, 0.29) is 23.0 Å². The Bertz CT molecular complexity index is 514. The van der Waals surface area contributed by atoms with Gasteiger partial charge in [0, 0.05) is 30.4 Å². The molecule has 0 aromatic heterocycles. The van der Waals surface area contributed by atoms with Gasteiger partial charge in [0.05, 0.1) is 10.5 Å². The third-order valence-electron chi connectivity index (χ3n) is 3.25. The molecular weight excluding hydrogens is 248 g/mol. The molecule has 1 aliphatic carbocycles. The minimum absolute atomic E-state index is 0.0915. The Morgan fingerprint density at radius 3 is 2.74 bits per heavy atom. The van der Waals surface area contributed by atoms with Gasteiger partial charge in [-0.15, -0.1) is 0 Å². The van der Waals surface area contributed by atoms with E-state index in [1.165, 1.54) is 18.2 Å². The second-order valence-corrected chi connectivity index (χ2v) is 4.68. The quantitative estimate of drug-likeness (QED) is 0.409. The minimum Gasteiger partial charge on any atom is -0.398 e. The first-order valence-corrected chi connectivity index (χ1v) is 6.07. The highest BCUT2D eigenvalue weighted by Gasteiger charge is 2.31. The molecule has 7 heteroatoms. The summed E-state index contributed by atoms with van der Waals surface area (Å²) >= 11 is 0. The molecule has 1 atom stereocenters. The lowest BCUT2D eigenvalue weighted by molar-refractivity contribution is -0.384. The minimum atomic E-state index is -0.558. The number of nitrogens with two attached hydrogens (primary N) is 2. The summed E-state index contributed by atoms with van der Waals surface area (Å²) in [5.74, 6) is -0.00239. The number of non-ortho nitro benzene ring substituents is 1. The number of hydrogen-bond acceptors (Lipinski definition) is 5. The normalized spacial score (nSPS) is 15.8. The van der Waals surface area contributed by atoms with Gasteiger partial charge in [-0.05, 0) is 24.8 Å². The summed E-state index contributed by atoms with van der Waals surface area (Å²) in [4.78, 5) is 22.2. The molecule has 0 saturated heterocycles. The maximum atomic E-state index is 12.1. The predicted octanol–water partition coefficient (Wildman–Crippen LogP) is 0.644. The molecule has 1 aliphatic rings. The fourth-order valence-corrected chi connectivity index (χ4v) is 1.97. The van der Waals surface area contributed by atoms with E-state index in [2.05, 4.69) is 5.32 Å². The van der Waals surface area contributed by atoms with Crippen molar-refractivity contribution in [2.75, 3.05) is 12.3 Å². The number of nitro benzene ring substituents is 1. The van der Waals surface area contributed by atoms with E-state index >= 15 is 0 Å². The second kappa shape index (κ2) is 5.23. The average Bonchev–Trinajstić information content (AvgIpc) is 3.20. The monoisotopic (exact) mass is 264 g/mol. The molecule has 1 aromatic rings. The van der Waals surface area contributed by atoms with Crippen LogP contribution >= 0.6 is 0 Å². The molecule has 1 amide bonds. The molecular formula is C12H16N4O3. The third-order valence-corrected chi connectivity index (χ3v) is 3.25. The number of amides is 1. The summed E-state index contributed by atoms with van der Waals surface area (Å²) in [5.41, 5.74) is 11.5. The molecule has 1 unspecified atom stereocenters. The van der Waals surface area contributed by atoms with Crippen LogP contribution in [-0.2, 0) is 0 Å². The van der Waals surface area contributed by atoms with Crippen molar-refractivity contribution in [3.05, 3.63) is 33.9 Å². The number of hydrogen-bond donors (Lipinski definition) is 3. The summed E-state index contributed by atoms with van der Waals surface area (Å²) in [6.07, 6.45) is 2.10. The zero-order valence-corrected chi connectivity index (χ0v) is 10.3. The van der Waals surface area contributed by atoms with E-state index in [1.807, 2.05) is 0 Å². The molecule has 0 aliphatic heterocycles. The fraction of sp³-hybridized carbons (Fsp3) is 0.417. The van der Waals surface area contributed by atoms with Gasteiger partial charge in [-0.2, -0.15) is 0 Å². The standard InChI is InChI=1S/C12H16N4O3/c13-6-11(7-1-2-7)15-12(17)9-5-8(16(18)19)3-4-10(9)14/h3-5,7,11H,1-2,6,13-14H2,(H,15,17). The molecule has 5 N–H and O–H groups in total. The summed E-state index contributed by atoms with van der Waals surface area (Å²) in [6, 6.07) is 3.73. The van der Waals surface area contributed by atoms with Crippen molar-refractivity contribution in [1.29, 1.82) is 0 Å². The van der Waals surface area contributed by atoms with Crippen molar-refractivity contribution in [3.8, 4) is 0 Å². The van der Waals surface area contributed by atoms with E-state index < -0.39 is 10.8 Å². The lowest BCUT2D eigenvalue weighted by Gasteiger charge is -2.16. The summed E-state index contributed by atoms with van der Waals surface area (Å²) in [7, 11) is 0. The van der Waals surface area contributed by atoms with Gasteiger partial charge in [-0.3, -0.25) is 14.9 Å². The van der Waals surface area contributed by atoms with Crippen molar-refractivity contribution < 1.29 is 9.72 Å². The van der Waals surface area contributed by atoms with Crippen LogP contribution in [0.4, 0.5) is 11.4 Å². The maximum absolute atomic E-state index is 12.1. The molecule has 1 fully saturated rings. The maximum Gasteiger partial charge on any atom is 0.270 e. The molecule has 1 saturated carbocycles. The zero-order valence-electron chi connectivity index (χ0n) is 10.3. The van der Waals surface area contributed by atoms with Crippen molar-refractivity contribution >= 4 is 17.3 Å². The van der Waals surface area contributed by atoms with Crippen molar-refractivity contribution in [3.63, 3.8) is 0 Å². The third kappa shape index (κ3) is 3.00. The Hall–Kier alpha value is -2.15. The van der Waals surface area contributed by atoms with Gasteiger partial charge in [-0.1, -0.05) is 0 Å². The summed E-state index contributed by atoms with van der Waals surface area (Å²) in [5, 5.41) is 13.5.